The van der Waals surface area contributed by atoms with Crippen molar-refractivity contribution in [3.05, 3.63) is 83.4 Å². The standard InChI is InChI=1S/C25H22F3N5OS/c1-15-3-10-19(11-4-15)29-24(35)32-31-22(34)14-33-21-13-16(2)5-12-20(21)30-23(33)17-6-8-18(9-7-17)25(26,27)28/h3-13H,14H2,1-2H3,(H,31,34)(H2,29,32,35). The van der Waals surface area contributed by atoms with Crippen molar-refractivity contribution in [3.63, 3.8) is 0 Å². The van der Waals surface area contributed by atoms with Gasteiger partial charge in [-0.05, 0) is 68.0 Å². The fourth-order valence-electron chi connectivity index (χ4n) is 3.53. The summed E-state index contributed by atoms with van der Waals surface area (Å²) >= 11 is 5.23. The van der Waals surface area contributed by atoms with Crippen molar-refractivity contribution >= 4 is 40.0 Å². The molecule has 0 bridgehead atoms. The Hall–Kier alpha value is -3.92. The van der Waals surface area contributed by atoms with Crippen LogP contribution in [-0.2, 0) is 17.5 Å². The Morgan fingerprint density at radius 1 is 0.943 bits per heavy atom. The minimum atomic E-state index is -4.44. The number of imidazole rings is 1. The average molecular weight is 498 g/mol. The highest BCUT2D eigenvalue weighted by molar-refractivity contribution is 7.80. The number of anilines is 1. The van der Waals surface area contributed by atoms with Crippen LogP contribution in [0.25, 0.3) is 22.4 Å². The number of halogens is 3. The summed E-state index contributed by atoms with van der Waals surface area (Å²) in [6, 6.07) is 17.9. The Bertz CT molecular complexity index is 1380. The van der Waals surface area contributed by atoms with Gasteiger partial charge >= 0.3 is 6.18 Å². The molecule has 10 heteroatoms. The van der Waals surface area contributed by atoms with E-state index in [4.69, 9.17) is 12.2 Å². The molecule has 0 fully saturated rings. The Kier molecular flexibility index (Phi) is 6.74. The van der Waals surface area contributed by atoms with Crippen molar-refractivity contribution < 1.29 is 18.0 Å². The first-order valence-electron chi connectivity index (χ1n) is 10.7. The van der Waals surface area contributed by atoms with Crippen LogP contribution < -0.4 is 16.2 Å². The normalized spacial score (nSPS) is 11.3. The van der Waals surface area contributed by atoms with E-state index >= 15 is 0 Å². The second kappa shape index (κ2) is 9.75. The van der Waals surface area contributed by atoms with Crippen LogP contribution in [0, 0.1) is 13.8 Å². The highest BCUT2D eigenvalue weighted by atomic mass is 32.1. The second-order valence-corrected chi connectivity index (χ2v) is 8.49. The lowest BCUT2D eigenvalue weighted by Crippen LogP contribution is -2.45. The summed E-state index contributed by atoms with van der Waals surface area (Å²) in [5.74, 6) is -0.0261. The van der Waals surface area contributed by atoms with Crippen LogP contribution in [-0.4, -0.2) is 20.6 Å². The average Bonchev–Trinajstić information content (AvgIpc) is 3.16. The van der Waals surface area contributed by atoms with Gasteiger partial charge in [0.25, 0.3) is 5.91 Å². The maximum absolute atomic E-state index is 13.0. The van der Waals surface area contributed by atoms with Crippen molar-refractivity contribution in [1.82, 2.24) is 20.4 Å². The maximum Gasteiger partial charge on any atom is 0.416 e. The highest BCUT2D eigenvalue weighted by Gasteiger charge is 2.30. The van der Waals surface area contributed by atoms with Gasteiger partial charge in [-0.15, -0.1) is 0 Å². The predicted octanol–water partition coefficient (Wildman–Crippen LogP) is 5.36. The summed E-state index contributed by atoms with van der Waals surface area (Å²) in [7, 11) is 0. The zero-order valence-electron chi connectivity index (χ0n) is 18.9. The molecule has 1 amide bonds. The SMILES string of the molecule is Cc1ccc(NC(=S)NNC(=O)Cn2c(-c3ccc(C(F)(F)F)cc3)nc3ccc(C)cc32)cc1. The molecule has 3 N–H and O–H groups in total. The number of thiocarbonyl (C=S) groups is 1. The lowest BCUT2D eigenvalue weighted by Gasteiger charge is -2.14. The van der Waals surface area contributed by atoms with Gasteiger partial charge in [-0.3, -0.25) is 15.6 Å². The van der Waals surface area contributed by atoms with E-state index in [9.17, 15) is 18.0 Å². The number of fused-ring (bicyclic) bond motifs is 1. The number of carbonyl (C=O) groups is 1. The number of aryl methyl sites for hydroxylation is 2. The lowest BCUT2D eigenvalue weighted by atomic mass is 10.1. The largest absolute Gasteiger partial charge is 0.416 e. The van der Waals surface area contributed by atoms with Gasteiger partial charge in [0.2, 0.25) is 0 Å². The second-order valence-electron chi connectivity index (χ2n) is 8.08. The molecule has 0 saturated heterocycles. The molecule has 1 heterocycles. The van der Waals surface area contributed by atoms with Gasteiger partial charge in [-0.1, -0.05) is 35.9 Å². The molecule has 4 aromatic rings. The van der Waals surface area contributed by atoms with Crippen molar-refractivity contribution in [2.75, 3.05) is 5.32 Å². The number of nitrogens with zero attached hydrogens (tertiary/aromatic N) is 2. The first kappa shape index (κ1) is 24.2. The molecule has 0 radical (unpaired) electrons. The number of hydrogen-bond acceptors (Lipinski definition) is 3. The van der Waals surface area contributed by atoms with Crippen molar-refractivity contribution in [3.8, 4) is 11.4 Å². The summed E-state index contributed by atoms with van der Waals surface area (Å²) in [6.07, 6.45) is -4.44. The lowest BCUT2D eigenvalue weighted by molar-refractivity contribution is -0.137. The van der Waals surface area contributed by atoms with E-state index in [1.165, 1.54) is 12.1 Å². The molecule has 1 aromatic heterocycles. The van der Waals surface area contributed by atoms with Crippen LogP contribution in [0.5, 0.6) is 0 Å². The summed E-state index contributed by atoms with van der Waals surface area (Å²) < 4.78 is 40.6. The van der Waals surface area contributed by atoms with Gasteiger partial charge in [-0.25, -0.2) is 4.98 Å². The summed E-state index contributed by atoms with van der Waals surface area (Å²) in [6.45, 7) is 3.75. The number of aromatic nitrogens is 2. The zero-order valence-corrected chi connectivity index (χ0v) is 19.7. The number of amides is 1. The molecule has 0 aliphatic rings. The van der Waals surface area contributed by atoms with E-state index in [2.05, 4.69) is 21.2 Å². The van der Waals surface area contributed by atoms with Crippen molar-refractivity contribution in [2.45, 2.75) is 26.6 Å². The Labute approximate surface area is 205 Å². The first-order valence-corrected chi connectivity index (χ1v) is 11.1. The quantitative estimate of drug-likeness (QED) is 0.262. The van der Waals surface area contributed by atoms with Gasteiger partial charge in [0.15, 0.2) is 5.11 Å². The van der Waals surface area contributed by atoms with Gasteiger partial charge in [0, 0.05) is 11.3 Å². The first-order chi connectivity index (χ1) is 16.6. The van der Waals surface area contributed by atoms with Gasteiger partial charge in [0.05, 0.1) is 16.6 Å². The fourth-order valence-corrected chi connectivity index (χ4v) is 3.70. The molecule has 0 aliphatic heterocycles. The number of benzene rings is 3. The van der Waals surface area contributed by atoms with Crippen molar-refractivity contribution in [2.24, 2.45) is 0 Å². The van der Waals surface area contributed by atoms with Crippen LogP contribution >= 0.6 is 12.2 Å². The van der Waals surface area contributed by atoms with Crippen LogP contribution in [0.15, 0.2) is 66.7 Å². The Morgan fingerprint density at radius 3 is 2.26 bits per heavy atom. The van der Waals surface area contributed by atoms with E-state index in [1.807, 2.05) is 56.3 Å². The zero-order chi connectivity index (χ0) is 25.2. The minimum Gasteiger partial charge on any atom is -0.331 e. The third-order valence-electron chi connectivity index (χ3n) is 5.30. The van der Waals surface area contributed by atoms with E-state index in [-0.39, 0.29) is 11.7 Å². The summed E-state index contributed by atoms with van der Waals surface area (Å²) in [5.41, 5.74) is 9.07. The number of carbonyl (C=O) groups excluding carboxylic acids is 1. The Balaban J connectivity index is 1.53. The molecule has 0 spiro atoms. The smallest absolute Gasteiger partial charge is 0.331 e. The number of nitrogens with one attached hydrogen (secondary N) is 3. The van der Waals surface area contributed by atoms with Gasteiger partial charge < -0.3 is 9.88 Å². The van der Waals surface area contributed by atoms with Crippen LogP contribution in [0.4, 0.5) is 18.9 Å². The topological polar surface area (TPSA) is 71.0 Å². The molecule has 0 atom stereocenters. The molecule has 0 saturated carbocycles. The fraction of sp³-hybridized carbons (Fsp3) is 0.160. The Morgan fingerprint density at radius 2 is 1.60 bits per heavy atom. The third kappa shape index (κ3) is 5.78. The molecule has 180 valence electrons. The molecule has 3 aromatic carbocycles. The van der Waals surface area contributed by atoms with Crippen molar-refractivity contribution in [1.29, 1.82) is 0 Å². The summed E-state index contributed by atoms with van der Waals surface area (Å²) in [5, 5.41) is 3.17. The van der Waals surface area contributed by atoms with E-state index in [1.54, 1.807) is 4.57 Å². The van der Waals surface area contributed by atoms with E-state index in [0.717, 1.165) is 28.9 Å². The number of hydrazine groups is 1. The number of alkyl halides is 3. The molecule has 35 heavy (non-hydrogen) atoms. The van der Waals surface area contributed by atoms with Crippen LogP contribution in [0.3, 0.4) is 0 Å². The number of rotatable bonds is 4. The molecular formula is C25H22F3N5OS. The molecule has 4 rings (SSSR count). The summed E-state index contributed by atoms with van der Waals surface area (Å²) in [4.78, 5) is 17.3. The maximum atomic E-state index is 13.0. The molecule has 0 unspecified atom stereocenters. The molecule has 6 nitrogen and oxygen atoms in total. The molecule has 0 aliphatic carbocycles. The van der Waals surface area contributed by atoms with E-state index in [0.29, 0.717) is 22.4 Å². The monoisotopic (exact) mass is 497 g/mol. The van der Waals surface area contributed by atoms with Gasteiger partial charge in [-0.2, -0.15) is 13.2 Å². The number of hydrogen-bond donors (Lipinski definition) is 3. The predicted molar refractivity (Wildman–Crippen MR) is 134 cm³/mol. The van der Waals surface area contributed by atoms with Crippen LogP contribution in [0.1, 0.15) is 16.7 Å². The minimum absolute atomic E-state index is 0.129. The third-order valence-corrected chi connectivity index (χ3v) is 5.50. The highest BCUT2D eigenvalue weighted by Crippen LogP contribution is 2.32. The molecular weight excluding hydrogens is 475 g/mol. The van der Waals surface area contributed by atoms with Gasteiger partial charge in [0.1, 0.15) is 12.4 Å². The van der Waals surface area contributed by atoms with E-state index < -0.39 is 17.6 Å². The van der Waals surface area contributed by atoms with Crippen LogP contribution in [0.2, 0.25) is 0 Å².